The van der Waals surface area contributed by atoms with E-state index in [-0.39, 0.29) is 10.7 Å². The van der Waals surface area contributed by atoms with Crippen molar-refractivity contribution in [3.63, 3.8) is 0 Å². The first-order valence-electron chi connectivity index (χ1n) is 11.4. The van der Waals surface area contributed by atoms with Gasteiger partial charge in [-0.2, -0.15) is 9.40 Å². The summed E-state index contributed by atoms with van der Waals surface area (Å²) < 4.78 is 42.8. The van der Waals surface area contributed by atoms with Crippen LogP contribution < -0.4 is 4.90 Å². The van der Waals surface area contributed by atoms with E-state index in [9.17, 15) is 12.8 Å². The van der Waals surface area contributed by atoms with E-state index in [1.54, 1.807) is 35.1 Å². The molecular weight excluding hydrogens is 491 g/mol. The molecule has 0 radical (unpaired) electrons. The quantitative estimate of drug-likeness (QED) is 0.402. The molecule has 0 bridgehead atoms. The zero-order chi connectivity index (χ0) is 24.2. The largest absolute Gasteiger partial charge is 0.353 e. The minimum Gasteiger partial charge on any atom is -0.353 e. The molecule has 35 heavy (non-hydrogen) atoms. The smallest absolute Gasteiger partial charge is 0.243 e. The Hall–Kier alpha value is -3.08. The third-order valence-corrected chi connectivity index (χ3v) is 8.59. The Kier molecular flexibility index (Phi) is 5.46. The number of rotatable bonds is 5. The van der Waals surface area contributed by atoms with E-state index >= 15 is 0 Å². The van der Waals surface area contributed by atoms with Gasteiger partial charge in [-0.25, -0.2) is 27.5 Å². The highest BCUT2D eigenvalue weighted by Crippen LogP contribution is 2.40. The second kappa shape index (κ2) is 8.54. The van der Waals surface area contributed by atoms with Gasteiger partial charge in [-0.05, 0) is 61.4 Å². The van der Waals surface area contributed by atoms with Crippen LogP contribution in [0.3, 0.4) is 0 Å². The third-order valence-electron chi connectivity index (χ3n) is 6.43. The molecule has 6 rings (SSSR count). The molecule has 2 aromatic carbocycles. The highest BCUT2D eigenvalue weighted by molar-refractivity contribution is 7.89. The maximum atomic E-state index is 13.5. The van der Waals surface area contributed by atoms with Crippen LogP contribution in [0.25, 0.3) is 16.7 Å². The Morgan fingerprint density at radius 3 is 2.26 bits per heavy atom. The number of fused-ring (bicyclic) bond motifs is 1. The molecular formula is C24H22ClFN6O2S. The van der Waals surface area contributed by atoms with Crippen LogP contribution >= 0.6 is 11.6 Å². The normalized spacial score (nSPS) is 17.3. The van der Waals surface area contributed by atoms with E-state index in [1.165, 1.54) is 28.6 Å². The molecule has 1 aliphatic heterocycles. The number of nitrogens with zero attached hydrogens (tertiary/aromatic N) is 6. The minimum atomic E-state index is -3.61. The SMILES string of the molecule is O=S(=O)(c1ccc(Cl)cc1)N1CCN(c2nc(C3CC3)nc3c2cnn3-c2ccc(F)cc2)CC1. The first kappa shape index (κ1) is 22.4. The fourth-order valence-electron chi connectivity index (χ4n) is 4.34. The molecule has 1 saturated carbocycles. The Balaban J connectivity index is 1.31. The molecule has 0 spiro atoms. The second-order valence-electron chi connectivity index (χ2n) is 8.79. The van der Waals surface area contributed by atoms with Gasteiger partial charge in [0, 0.05) is 37.1 Å². The van der Waals surface area contributed by atoms with Crippen molar-refractivity contribution < 1.29 is 12.8 Å². The molecule has 1 saturated heterocycles. The van der Waals surface area contributed by atoms with Crippen molar-refractivity contribution in [2.24, 2.45) is 0 Å². The fraction of sp³-hybridized carbons (Fsp3) is 0.292. The molecule has 11 heteroatoms. The standard InChI is InChI=1S/C24H22ClFN6O2S/c25-17-3-9-20(10-4-17)35(33,34)31-13-11-30(12-14-31)23-21-15-27-32(19-7-5-18(26)6-8-19)24(21)29-22(28-23)16-1-2-16/h3-10,15-16H,1-2,11-14H2. The fourth-order valence-corrected chi connectivity index (χ4v) is 5.89. The van der Waals surface area contributed by atoms with Crippen molar-refractivity contribution in [2.45, 2.75) is 23.7 Å². The molecule has 0 atom stereocenters. The Labute approximate surface area is 207 Å². The lowest BCUT2D eigenvalue weighted by Gasteiger charge is -2.35. The molecule has 2 aromatic heterocycles. The van der Waals surface area contributed by atoms with Crippen LogP contribution in [0, 0.1) is 5.82 Å². The monoisotopic (exact) mass is 512 g/mol. The number of hydrogen-bond donors (Lipinski definition) is 0. The number of aromatic nitrogens is 4. The Bertz CT molecular complexity index is 1500. The van der Waals surface area contributed by atoms with Gasteiger partial charge < -0.3 is 4.90 Å². The van der Waals surface area contributed by atoms with E-state index in [1.807, 2.05) is 0 Å². The third kappa shape index (κ3) is 4.15. The molecule has 1 aliphatic carbocycles. The van der Waals surface area contributed by atoms with E-state index in [4.69, 9.17) is 21.6 Å². The Morgan fingerprint density at radius 2 is 1.60 bits per heavy atom. The summed E-state index contributed by atoms with van der Waals surface area (Å²) in [6.07, 6.45) is 3.81. The van der Waals surface area contributed by atoms with E-state index in [0.717, 1.165) is 29.9 Å². The molecule has 2 fully saturated rings. The predicted molar refractivity (Wildman–Crippen MR) is 131 cm³/mol. The summed E-state index contributed by atoms with van der Waals surface area (Å²) in [5.74, 6) is 1.54. The van der Waals surface area contributed by atoms with Crippen molar-refractivity contribution in [1.82, 2.24) is 24.1 Å². The topological polar surface area (TPSA) is 84.2 Å². The summed E-state index contributed by atoms with van der Waals surface area (Å²) in [6, 6.07) is 12.4. The van der Waals surface area contributed by atoms with Gasteiger partial charge in [0.1, 0.15) is 17.5 Å². The molecule has 0 N–H and O–H groups in total. The number of benzene rings is 2. The summed E-state index contributed by atoms with van der Waals surface area (Å²) in [5, 5.41) is 5.80. The van der Waals surface area contributed by atoms with Crippen LogP contribution in [0.4, 0.5) is 10.2 Å². The average molecular weight is 513 g/mol. The van der Waals surface area contributed by atoms with Crippen molar-refractivity contribution in [1.29, 1.82) is 0 Å². The van der Waals surface area contributed by atoms with E-state index in [2.05, 4.69) is 10.00 Å². The van der Waals surface area contributed by atoms with Crippen LogP contribution in [-0.2, 0) is 10.0 Å². The summed E-state index contributed by atoms with van der Waals surface area (Å²) >= 11 is 5.92. The lowest BCUT2D eigenvalue weighted by atomic mass is 10.2. The van der Waals surface area contributed by atoms with Gasteiger partial charge >= 0.3 is 0 Å². The van der Waals surface area contributed by atoms with Crippen LogP contribution in [0.2, 0.25) is 5.02 Å². The zero-order valence-corrected chi connectivity index (χ0v) is 20.3. The molecule has 180 valence electrons. The maximum Gasteiger partial charge on any atom is 0.243 e. The number of anilines is 1. The van der Waals surface area contributed by atoms with Gasteiger partial charge in [-0.3, -0.25) is 0 Å². The van der Waals surface area contributed by atoms with E-state index in [0.29, 0.717) is 48.5 Å². The summed E-state index contributed by atoms with van der Waals surface area (Å²) in [4.78, 5) is 12.0. The number of hydrogen-bond acceptors (Lipinski definition) is 6. The van der Waals surface area contributed by atoms with Gasteiger partial charge in [-0.15, -0.1) is 0 Å². The van der Waals surface area contributed by atoms with Crippen LogP contribution in [0.5, 0.6) is 0 Å². The number of piperazine rings is 1. The van der Waals surface area contributed by atoms with Gasteiger partial charge in [-0.1, -0.05) is 11.6 Å². The minimum absolute atomic E-state index is 0.233. The molecule has 8 nitrogen and oxygen atoms in total. The first-order valence-corrected chi connectivity index (χ1v) is 13.2. The summed E-state index contributed by atoms with van der Waals surface area (Å²) in [6.45, 7) is 1.65. The van der Waals surface area contributed by atoms with Gasteiger partial charge in [0.05, 0.1) is 22.2 Å². The van der Waals surface area contributed by atoms with Crippen molar-refractivity contribution in [3.05, 3.63) is 71.4 Å². The number of sulfonamides is 1. The predicted octanol–water partition coefficient (Wildman–Crippen LogP) is 4.00. The highest BCUT2D eigenvalue weighted by Gasteiger charge is 2.32. The van der Waals surface area contributed by atoms with E-state index < -0.39 is 10.0 Å². The maximum absolute atomic E-state index is 13.5. The zero-order valence-electron chi connectivity index (χ0n) is 18.7. The lowest BCUT2D eigenvalue weighted by Crippen LogP contribution is -2.49. The molecule has 0 amide bonds. The van der Waals surface area contributed by atoms with Crippen molar-refractivity contribution in [2.75, 3.05) is 31.1 Å². The van der Waals surface area contributed by atoms with Crippen LogP contribution in [0.1, 0.15) is 24.6 Å². The number of halogens is 2. The molecule has 0 unspecified atom stereocenters. The van der Waals surface area contributed by atoms with Gasteiger partial charge in [0.25, 0.3) is 0 Å². The van der Waals surface area contributed by atoms with Crippen molar-refractivity contribution >= 4 is 38.5 Å². The van der Waals surface area contributed by atoms with Crippen LogP contribution in [0.15, 0.2) is 59.6 Å². The lowest BCUT2D eigenvalue weighted by molar-refractivity contribution is 0.384. The first-order chi connectivity index (χ1) is 16.9. The second-order valence-corrected chi connectivity index (χ2v) is 11.2. The summed E-state index contributed by atoms with van der Waals surface area (Å²) in [5.41, 5.74) is 1.38. The Morgan fingerprint density at radius 1 is 0.914 bits per heavy atom. The van der Waals surface area contributed by atoms with Crippen LogP contribution in [-0.4, -0.2) is 58.7 Å². The van der Waals surface area contributed by atoms with Crippen molar-refractivity contribution in [3.8, 4) is 5.69 Å². The highest BCUT2D eigenvalue weighted by atomic mass is 35.5. The van der Waals surface area contributed by atoms with Gasteiger partial charge in [0.2, 0.25) is 10.0 Å². The molecule has 3 heterocycles. The average Bonchev–Trinajstić information content (AvgIpc) is 3.64. The summed E-state index contributed by atoms with van der Waals surface area (Å²) in [7, 11) is -3.61. The molecule has 4 aromatic rings. The van der Waals surface area contributed by atoms with Gasteiger partial charge in [0.15, 0.2) is 5.65 Å². The molecule has 2 aliphatic rings.